The van der Waals surface area contributed by atoms with Crippen LogP contribution in [-0.2, 0) is 9.53 Å². The summed E-state index contributed by atoms with van der Waals surface area (Å²) in [6.07, 6.45) is 9.18. The number of ether oxygens (including phenoxy) is 1. The summed E-state index contributed by atoms with van der Waals surface area (Å²) in [5.41, 5.74) is 0. The second kappa shape index (κ2) is 11.9. The molecule has 1 saturated heterocycles. The van der Waals surface area contributed by atoms with Gasteiger partial charge in [0.2, 0.25) is 0 Å². The zero-order valence-electron chi connectivity index (χ0n) is 16.7. The van der Waals surface area contributed by atoms with E-state index in [9.17, 15) is 4.79 Å². The molecule has 4 nitrogen and oxygen atoms in total. The molecule has 0 aliphatic carbocycles. The first kappa shape index (κ1) is 21.4. The monoisotopic (exact) mass is 341 g/mol. The quantitative estimate of drug-likeness (QED) is 0.308. The number of likely N-dealkylation sites (N-methyl/N-ethyl adjacent to an activating group) is 1. The summed E-state index contributed by atoms with van der Waals surface area (Å²) in [6.45, 7) is 10.5. The van der Waals surface area contributed by atoms with Crippen molar-refractivity contribution >= 4 is 5.97 Å². The molecule has 1 aliphatic rings. The van der Waals surface area contributed by atoms with Crippen LogP contribution in [0.4, 0.5) is 0 Å². The van der Waals surface area contributed by atoms with Crippen molar-refractivity contribution < 1.29 is 14.0 Å². The molecule has 0 N–H and O–H groups in total. The summed E-state index contributed by atoms with van der Waals surface area (Å²) in [4.78, 5) is 14.9. The Kier molecular flexibility index (Phi) is 10.6. The summed E-state index contributed by atoms with van der Waals surface area (Å²) in [7, 11) is 4.57. The molecule has 0 aromatic carbocycles. The summed E-state index contributed by atoms with van der Waals surface area (Å²) < 4.78 is 6.74. The minimum Gasteiger partial charge on any atom is -0.464 e. The van der Waals surface area contributed by atoms with E-state index in [4.69, 9.17) is 4.74 Å². The Balaban J connectivity index is 2.27. The number of quaternary nitrogens is 1. The highest BCUT2D eigenvalue weighted by Crippen LogP contribution is 2.19. The largest absolute Gasteiger partial charge is 0.464 e. The van der Waals surface area contributed by atoms with Crippen molar-refractivity contribution in [3.05, 3.63) is 0 Å². The number of nitrogens with zero attached hydrogens (tertiary/aromatic N) is 2. The minimum absolute atomic E-state index is 0.0512. The first-order chi connectivity index (χ1) is 11.5. The molecule has 0 bridgehead atoms. The molecule has 142 valence electrons. The predicted octanol–water partition coefficient (Wildman–Crippen LogP) is 3.70. The van der Waals surface area contributed by atoms with Gasteiger partial charge in [-0.3, -0.25) is 9.69 Å². The third-order valence-electron chi connectivity index (χ3n) is 5.34. The van der Waals surface area contributed by atoms with Crippen LogP contribution in [0.15, 0.2) is 0 Å². The van der Waals surface area contributed by atoms with Gasteiger partial charge in [-0.05, 0) is 12.8 Å². The highest BCUT2D eigenvalue weighted by molar-refractivity contribution is 5.72. The first-order valence-corrected chi connectivity index (χ1v) is 10.2. The molecule has 24 heavy (non-hydrogen) atoms. The zero-order valence-corrected chi connectivity index (χ0v) is 16.7. The molecule has 0 radical (unpaired) electrons. The Labute approximate surface area is 150 Å². The smallest absolute Gasteiger partial charge is 0.308 e. The van der Waals surface area contributed by atoms with Crippen LogP contribution in [0, 0.1) is 5.92 Å². The van der Waals surface area contributed by atoms with Gasteiger partial charge in [0, 0.05) is 19.6 Å². The van der Waals surface area contributed by atoms with Gasteiger partial charge in [-0.25, -0.2) is 0 Å². The lowest BCUT2D eigenvalue weighted by molar-refractivity contribution is -0.894. The van der Waals surface area contributed by atoms with Gasteiger partial charge in [0.05, 0.1) is 33.1 Å². The van der Waals surface area contributed by atoms with E-state index in [1.54, 1.807) is 0 Å². The maximum Gasteiger partial charge on any atom is 0.308 e. The molecule has 1 fully saturated rings. The molecule has 0 aromatic heterocycles. The van der Waals surface area contributed by atoms with E-state index in [1.165, 1.54) is 38.8 Å². The highest BCUT2D eigenvalue weighted by Gasteiger charge is 2.24. The van der Waals surface area contributed by atoms with Gasteiger partial charge < -0.3 is 9.22 Å². The Morgan fingerprint density at radius 1 is 1.00 bits per heavy atom. The zero-order chi connectivity index (χ0) is 17.8. The Bertz CT molecular complexity index is 325. The molecule has 0 atom stereocenters. The van der Waals surface area contributed by atoms with Crippen molar-refractivity contribution in [1.82, 2.24) is 4.90 Å². The summed E-state index contributed by atoms with van der Waals surface area (Å²) >= 11 is 0. The standard InChI is InChI=1S/C20H41N2O2/c1-5-7-9-11-19(12-10-8-6-2)20(23)24-18-15-21-13-16-22(3,4)17-14-21/h19H,5-18H2,1-4H3/q+1. The summed E-state index contributed by atoms with van der Waals surface area (Å²) in [5.74, 6) is 0.176. The maximum atomic E-state index is 12.4. The first-order valence-electron chi connectivity index (χ1n) is 10.2. The van der Waals surface area contributed by atoms with Crippen molar-refractivity contribution in [2.45, 2.75) is 65.2 Å². The van der Waals surface area contributed by atoms with Crippen LogP contribution < -0.4 is 0 Å². The predicted molar refractivity (Wildman–Crippen MR) is 101 cm³/mol. The molecule has 0 amide bonds. The third kappa shape index (κ3) is 9.03. The van der Waals surface area contributed by atoms with Crippen LogP contribution in [-0.4, -0.2) is 68.8 Å². The van der Waals surface area contributed by atoms with Crippen molar-refractivity contribution in [3.63, 3.8) is 0 Å². The normalized spacial score (nSPS) is 18.0. The lowest BCUT2D eigenvalue weighted by Crippen LogP contribution is -2.55. The van der Waals surface area contributed by atoms with Crippen LogP contribution in [0.2, 0.25) is 0 Å². The van der Waals surface area contributed by atoms with Crippen molar-refractivity contribution in [2.75, 3.05) is 53.4 Å². The van der Waals surface area contributed by atoms with E-state index in [0.717, 1.165) is 49.8 Å². The summed E-state index contributed by atoms with van der Waals surface area (Å²) in [6, 6.07) is 0. The molecule has 0 spiro atoms. The lowest BCUT2D eigenvalue weighted by atomic mass is 9.95. The number of unbranched alkanes of at least 4 members (excludes halogenated alkanes) is 4. The van der Waals surface area contributed by atoms with E-state index in [0.29, 0.717) is 6.61 Å². The molecular weight excluding hydrogens is 300 g/mol. The molecule has 4 heteroatoms. The van der Waals surface area contributed by atoms with Gasteiger partial charge in [-0.15, -0.1) is 0 Å². The second-order valence-corrected chi connectivity index (χ2v) is 8.08. The number of esters is 1. The third-order valence-corrected chi connectivity index (χ3v) is 5.34. The van der Waals surface area contributed by atoms with Gasteiger partial charge in [0.15, 0.2) is 0 Å². The van der Waals surface area contributed by atoms with Crippen molar-refractivity contribution in [3.8, 4) is 0 Å². The fraction of sp³-hybridized carbons (Fsp3) is 0.950. The number of hydrogen-bond donors (Lipinski definition) is 0. The molecule has 0 saturated carbocycles. The number of carbonyl (C=O) groups is 1. The Morgan fingerprint density at radius 3 is 2.04 bits per heavy atom. The van der Waals surface area contributed by atoms with E-state index in [2.05, 4.69) is 32.8 Å². The minimum atomic E-state index is 0.0512. The van der Waals surface area contributed by atoms with Crippen molar-refractivity contribution in [2.24, 2.45) is 5.92 Å². The number of piperazine rings is 1. The maximum absolute atomic E-state index is 12.4. The molecule has 1 rings (SSSR count). The van der Waals surface area contributed by atoms with Crippen LogP contribution in [0.25, 0.3) is 0 Å². The second-order valence-electron chi connectivity index (χ2n) is 8.08. The molecule has 1 aliphatic heterocycles. The molecular formula is C20H41N2O2+. The Morgan fingerprint density at radius 2 is 1.54 bits per heavy atom. The average Bonchev–Trinajstić information content (AvgIpc) is 2.55. The van der Waals surface area contributed by atoms with Gasteiger partial charge >= 0.3 is 5.97 Å². The fourth-order valence-corrected chi connectivity index (χ4v) is 3.33. The highest BCUT2D eigenvalue weighted by atomic mass is 16.5. The number of rotatable bonds is 12. The molecule has 0 aromatic rings. The lowest BCUT2D eigenvalue weighted by Gasteiger charge is -2.38. The molecule has 1 heterocycles. The topological polar surface area (TPSA) is 29.5 Å². The van der Waals surface area contributed by atoms with Crippen LogP contribution in [0.1, 0.15) is 65.2 Å². The Hall–Kier alpha value is -0.610. The average molecular weight is 342 g/mol. The SMILES string of the molecule is CCCCCC(CCCCC)C(=O)OCCN1CC[N+](C)(C)CC1. The van der Waals surface area contributed by atoms with Gasteiger partial charge in [0.1, 0.15) is 6.61 Å². The van der Waals surface area contributed by atoms with Crippen LogP contribution in [0.5, 0.6) is 0 Å². The van der Waals surface area contributed by atoms with E-state index < -0.39 is 0 Å². The van der Waals surface area contributed by atoms with Gasteiger partial charge in [-0.1, -0.05) is 52.4 Å². The fourth-order valence-electron chi connectivity index (χ4n) is 3.33. The van der Waals surface area contributed by atoms with Crippen LogP contribution >= 0.6 is 0 Å². The van der Waals surface area contributed by atoms with Gasteiger partial charge in [-0.2, -0.15) is 0 Å². The molecule has 0 unspecified atom stereocenters. The van der Waals surface area contributed by atoms with Gasteiger partial charge in [0.25, 0.3) is 0 Å². The van der Waals surface area contributed by atoms with Crippen LogP contribution in [0.3, 0.4) is 0 Å². The number of carbonyl (C=O) groups excluding carboxylic acids is 1. The van der Waals surface area contributed by atoms with E-state index in [1.807, 2.05) is 0 Å². The van der Waals surface area contributed by atoms with E-state index in [-0.39, 0.29) is 11.9 Å². The summed E-state index contributed by atoms with van der Waals surface area (Å²) in [5, 5.41) is 0. The number of hydrogen-bond acceptors (Lipinski definition) is 3. The van der Waals surface area contributed by atoms with Crippen molar-refractivity contribution in [1.29, 1.82) is 0 Å². The van der Waals surface area contributed by atoms with E-state index >= 15 is 0 Å².